The highest BCUT2D eigenvalue weighted by atomic mass is 32.2. The lowest BCUT2D eigenvalue weighted by atomic mass is 10.1. The lowest BCUT2D eigenvalue weighted by molar-refractivity contribution is -0.150. The van der Waals surface area contributed by atoms with Gasteiger partial charge in [-0.15, -0.1) is 11.8 Å². The molecule has 196 valence electrons. The van der Waals surface area contributed by atoms with Crippen LogP contribution < -0.4 is 5.32 Å². The van der Waals surface area contributed by atoms with Crippen molar-refractivity contribution in [1.82, 2.24) is 10.2 Å². The Bertz CT molecular complexity index is 661. The summed E-state index contributed by atoms with van der Waals surface area (Å²) in [4.78, 5) is 50.8. The highest BCUT2D eigenvalue weighted by Crippen LogP contribution is 2.23. The number of ether oxygens (including phenoxy) is 2. The third-order valence-corrected chi connectivity index (χ3v) is 7.15. The standard InChI is InChI=1S/C24H42N2O7S/c1-5-8-9-10-11-14-20(24(31)33-7-3)34-16-18(23(30)32-6-2)25-17(4)21(27)26-15-12-13-19(26)22(28)29/h17-20,25H,5-16H2,1-4H3,(H,28,29)/t17-,18-,19-,20?/m0/s1. The minimum absolute atomic E-state index is 0.190. The zero-order chi connectivity index (χ0) is 25.5. The smallest absolute Gasteiger partial charge is 0.326 e. The molecule has 1 aliphatic rings. The predicted octanol–water partition coefficient (Wildman–Crippen LogP) is 3.00. The summed E-state index contributed by atoms with van der Waals surface area (Å²) in [6.45, 7) is 8.09. The number of esters is 2. The predicted molar refractivity (Wildman–Crippen MR) is 132 cm³/mol. The summed E-state index contributed by atoms with van der Waals surface area (Å²) in [5.41, 5.74) is 0. The Kier molecular flexibility index (Phi) is 14.9. The normalized spacial score (nSPS) is 18.2. The van der Waals surface area contributed by atoms with Crippen LogP contribution in [-0.4, -0.2) is 82.7 Å². The van der Waals surface area contributed by atoms with E-state index in [1.54, 1.807) is 20.8 Å². The zero-order valence-electron chi connectivity index (χ0n) is 21.0. The molecule has 1 fully saturated rings. The number of amides is 1. The van der Waals surface area contributed by atoms with E-state index in [-0.39, 0.29) is 30.8 Å². The number of nitrogens with zero attached hydrogens (tertiary/aromatic N) is 1. The van der Waals surface area contributed by atoms with Crippen LogP contribution in [0.5, 0.6) is 0 Å². The topological polar surface area (TPSA) is 122 Å². The minimum Gasteiger partial charge on any atom is -0.480 e. The fraction of sp³-hybridized carbons (Fsp3) is 0.833. The van der Waals surface area contributed by atoms with E-state index < -0.39 is 35.3 Å². The van der Waals surface area contributed by atoms with E-state index in [1.807, 2.05) is 0 Å². The molecule has 0 spiro atoms. The lowest BCUT2D eigenvalue weighted by Gasteiger charge is -2.28. The van der Waals surface area contributed by atoms with Crippen LogP contribution in [0.3, 0.4) is 0 Å². The van der Waals surface area contributed by atoms with Gasteiger partial charge in [0.25, 0.3) is 0 Å². The number of carbonyl (C=O) groups excluding carboxylic acids is 3. The second kappa shape index (κ2) is 16.8. The van der Waals surface area contributed by atoms with Gasteiger partial charge in [-0.25, -0.2) is 4.79 Å². The number of unbranched alkanes of at least 4 members (excludes halogenated alkanes) is 4. The molecule has 4 atom stereocenters. The second-order valence-corrected chi connectivity index (χ2v) is 9.73. The van der Waals surface area contributed by atoms with Gasteiger partial charge in [0.2, 0.25) is 5.91 Å². The Morgan fingerprint density at radius 2 is 1.68 bits per heavy atom. The lowest BCUT2D eigenvalue weighted by Crippen LogP contribution is -2.54. The summed E-state index contributed by atoms with van der Waals surface area (Å²) < 4.78 is 10.4. The van der Waals surface area contributed by atoms with Crippen molar-refractivity contribution in [3.05, 3.63) is 0 Å². The molecule has 0 radical (unpaired) electrons. The molecule has 1 amide bonds. The summed E-state index contributed by atoms with van der Waals surface area (Å²) in [5.74, 6) is -1.95. The molecule has 1 aliphatic heterocycles. The third kappa shape index (κ3) is 10.2. The first-order valence-corrected chi connectivity index (χ1v) is 13.6. The van der Waals surface area contributed by atoms with Crippen LogP contribution in [0.15, 0.2) is 0 Å². The van der Waals surface area contributed by atoms with Crippen molar-refractivity contribution in [2.45, 2.75) is 102 Å². The van der Waals surface area contributed by atoms with Crippen LogP contribution in [0.2, 0.25) is 0 Å². The third-order valence-electron chi connectivity index (χ3n) is 5.80. The van der Waals surface area contributed by atoms with E-state index >= 15 is 0 Å². The zero-order valence-corrected chi connectivity index (χ0v) is 21.9. The summed E-state index contributed by atoms with van der Waals surface area (Å²) in [6, 6.07) is -2.43. The fourth-order valence-corrected chi connectivity index (χ4v) is 5.18. The molecule has 10 heteroatoms. The van der Waals surface area contributed by atoms with Gasteiger partial charge in [0, 0.05) is 12.3 Å². The highest BCUT2D eigenvalue weighted by Gasteiger charge is 2.37. The Morgan fingerprint density at radius 3 is 2.29 bits per heavy atom. The van der Waals surface area contributed by atoms with E-state index in [9.17, 15) is 24.3 Å². The molecule has 9 nitrogen and oxygen atoms in total. The van der Waals surface area contributed by atoms with Crippen molar-refractivity contribution in [3.8, 4) is 0 Å². The van der Waals surface area contributed by atoms with Gasteiger partial charge in [0.15, 0.2) is 0 Å². The molecule has 1 unspecified atom stereocenters. The summed E-state index contributed by atoms with van der Waals surface area (Å²) >= 11 is 1.33. The number of carbonyl (C=O) groups is 4. The van der Waals surface area contributed by atoms with Crippen molar-refractivity contribution in [3.63, 3.8) is 0 Å². The van der Waals surface area contributed by atoms with Crippen LogP contribution in [-0.2, 0) is 28.7 Å². The molecule has 0 saturated carbocycles. The minimum atomic E-state index is -1.02. The monoisotopic (exact) mass is 502 g/mol. The van der Waals surface area contributed by atoms with Crippen LogP contribution >= 0.6 is 11.8 Å². The highest BCUT2D eigenvalue weighted by molar-refractivity contribution is 8.00. The number of hydrogen-bond donors (Lipinski definition) is 2. The van der Waals surface area contributed by atoms with E-state index in [0.717, 1.165) is 32.1 Å². The SMILES string of the molecule is CCCCCCCC(SC[C@H](N[C@@H](C)C(=O)N1CCC[C@H]1C(=O)O)C(=O)OCC)C(=O)OCC. The number of likely N-dealkylation sites (tertiary alicyclic amines) is 1. The molecule has 0 aromatic carbocycles. The van der Waals surface area contributed by atoms with Crippen molar-refractivity contribution >= 4 is 35.6 Å². The van der Waals surface area contributed by atoms with Gasteiger partial charge < -0.3 is 19.5 Å². The van der Waals surface area contributed by atoms with Crippen molar-refractivity contribution in [1.29, 1.82) is 0 Å². The van der Waals surface area contributed by atoms with Gasteiger partial charge in [-0.1, -0.05) is 39.0 Å². The molecule has 2 N–H and O–H groups in total. The number of nitrogens with one attached hydrogen (secondary N) is 1. The first-order chi connectivity index (χ1) is 16.3. The Labute approximate surface area is 207 Å². The molecule has 34 heavy (non-hydrogen) atoms. The fourth-order valence-electron chi connectivity index (χ4n) is 3.99. The van der Waals surface area contributed by atoms with Crippen LogP contribution in [0, 0.1) is 0 Å². The van der Waals surface area contributed by atoms with Crippen LogP contribution in [0.1, 0.15) is 79.1 Å². The van der Waals surface area contributed by atoms with Gasteiger partial charge in [0.1, 0.15) is 17.3 Å². The maximum atomic E-state index is 12.9. The molecule has 1 saturated heterocycles. The number of aliphatic carboxylic acids is 1. The second-order valence-electron chi connectivity index (χ2n) is 8.50. The Hall–Kier alpha value is -1.81. The maximum Gasteiger partial charge on any atom is 0.326 e. The first kappa shape index (κ1) is 30.2. The van der Waals surface area contributed by atoms with E-state index in [4.69, 9.17) is 9.47 Å². The van der Waals surface area contributed by atoms with Crippen molar-refractivity contribution < 1.29 is 33.8 Å². The molecule has 0 aromatic rings. The number of carboxylic acids is 1. The van der Waals surface area contributed by atoms with Gasteiger partial charge in [-0.05, 0) is 40.0 Å². The molecule has 0 aliphatic carbocycles. The molecule has 1 heterocycles. The largest absolute Gasteiger partial charge is 0.480 e. The summed E-state index contributed by atoms with van der Waals surface area (Å²) in [5, 5.41) is 12.0. The maximum absolute atomic E-state index is 12.9. The quantitative estimate of drug-likeness (QED) is 0.228. The van der Waals surface area contributed by atoms with Crippen LogP contribution in [0.4, 0.5) is 0 Å². The molecule has 0 bridgehead atoms. The average molecular weight is 503 g/mol. The molecule has 0 aromatic heterocycles. The van der Waals surface area contributed by atoms with Gasteiger partial charge in [-0.2, -0.15) is 0 Å². The first-order valence-electron chi connectivity index (χ1n) is 12.5. The average Bonchev–Trinajstić information content (AvgIpc) is 3.29. The summed E-state index contributed by atoms with van der Waals surface area (Å²) in [6.07, 6.45) is 7.07. The van der Waals surface area contributed by atoms with Crippen molar-refractivity contribution in [2.75, 3.05) is 25.5 Å². The Balaban J connectivity index is 2.80. The van der Waals surface area contributed by atoms with E-state index in [0.29, 0.717) is 25.8 Å². The van der Waals surface area contributed by atoms with E-state index in [2.05, 4.69) is 12.2 Å². The number of rotatable bonds is 17. The Morgan fingerprint density at radius 1 is 1.03 bits per heavy atom. The molecule has 1 rings (SSSR count). The van der Waals surface area contributed by atoms with E-state index in [1.165, 1.54) is 16.7 Å². The summed E-state index contributed by atoms with van der Waals surface area (Å²) in [7, 11) is 0. The molecular formula is C24H42N2O7S. The number of carboxylic acid groups (broad SMARTS) is 1. The van der Waals surface area contributed by atoms with Gasteiger partial charge in [0.05, 0.1) is 19.3 Å². The van der Waals surface area contributed by atoms with Gasteiger partial charge >= 0.3 is 17.9 Å². The molecular weight excluding hydrogens is 460 g/mol. The number of hydrogen-bond acceptors (Lipinski definition) is 8. The van der Waals surface area contributed by atoms with Gasteiger partial charge in [-0.3, -0.25) is 19.7 Å². The van der Waals surface area contributed by atoms with Crippen LogP contribution in [0.25, 0.3) is 0 Å². The number of thioether (sulfide) groups is 1. The van der Waals surface area contributed by atoms with Crippen molar-refractivity contribution in [2.24, 2.45) is 0 Å².